The van der Waals surface area contributed by atoms with E-state index in [1.165, 1.54) is 5.56 Å². The molecule has 0 saturated heterocycles. The average molecular weight is 1250 g/mol. The fourth-order valence-electron chi connectivity index (χ4n) is 8.02. The molecule has 0 aliphatic rings. The number of methoxy groups -OCH3 is 4. The summed E-state index contributed by atoms with van der Waals surface area (Å²) in [5.41, 5.74) is 17.1. The molecule has 0 spiro atoms. The lowest BCUT2D eigenvalue weighted by molar-refractivity contribution is -0.432. The van der Waals surface area contributed by atoms with Gasteiger partial charge in [-0.3, -0.25) is 0 Å². The Balaban J connectivity index is 0.000000302. The zero-order chi connectivity index (χ0) is 61.5. The summed E-state index contributed by atoms with van der Waals surface area (Å²) in [5.74, 6) is 4.12. The van der Waals surface area contributed by atoms with Crippen LogP contribution in [0.1, 0.15) is 75.4 Å². The highest BCUT2D eigenvalue weighted by molar-refractivity contribution is 7.95. The van der Waals surface area contributed by atoms with E-state index in [1.807, 2.05) is 136 Å². The molecule has 0 unspecified atom stereocenters. The third kappa shape index (κ3) is 28.8. The molecule has 0 bridgehead atoms. The van der Waals surface area contributed by atoms with Crippen molar-refractivity contribution in [1.29, 1.82) is 0 Å². The predicted octanol–water partition coefficient (Wildman–Crippen LogP) is 12.6. The molecule has 0 amide bonds. The highest BCUT2D eigenvalue weighted by Gasteiger charge is 2.15. The second-order valence-corrected chi connectivity index (χ2v) is 21.4. The van der Waals surface area contributed by atoms with Crippen LogP contribution in [-0.4, -0.2) is 93.4 Å². The molecule has 5 atom stereocenters. The number of rotatable bonds is 34. The van der Waals surface area contributed by atoms with Crippen LogP contribution in [0, 0.1) is 0 Å². The second-order valence-electron chi connectivity index (χ2n) is 18.4. The number of nitrogens with two attached hydrogens (primary N) is 2. The Bertz CT molecular complexity index is 2640. The lowest BCUT2D eigenvalue weighted by Gasteiger charge is -2.21. The Labute approximate surface area is 509 Å². The minimum atomic E-state index is 0.0845. The molecular weight excluding hydrogens is 1170 g/mol. The minimum Gasteiger partial charge on any atom is -0.495 e. The Morgan fingerprint density at radius 3 is 1.12 bits per heavy atom. The first-order valence-electron chi connectivity index (χ1n) is 26.3. The number of para-hydroxylation sites is 2. The summed E-state index contributed by atoms with van der Waals surface area (Å²) in [6.07, 6.45) is 3.19. The number of hydrogen-bond donors (Lipinski definition) is 8. The molecule has 0 radical (unpaired) electrons. The lowest BCUT2D eigenvalue weighted by Crippen LogP contribution is -2.31. The van der Waals surface area contributed by atoms with E-state index >= 15 is 0 Å². The molecule has 0 aromatic heterocycles. The van der Waals surface area contributed by atoms with E-state index < -0.39 is 0 Å². The van der Waals surface area contributed by atoms with E-state index in [4.69, 9.17) is 60.9 Å². The number of ether oxygens (including phenoxy) is 6. The van der Waals surface area contributed by atoms with Crippen LogP contribution in [0.25, 0.3) is 0 Å². The summed E-state index contributed by atoms with van der Waals surface area (Å²) < 4.78 is 50.0. The van der Waals surface area contributed by atoms with Gasteiger partial charge in [-0.05, 0) is 156 Å². The SMILES string of the molecule is CCOc1ccccc1OCCN[C@H](C)Cc1ccc(OC)c(SOOO)c1.COc1ccc(C[C@@H](C)N)cc1SOOO.COc1ccc(C[C@@H](C)N[C@H](C)c2ccccc2)cc1SOOO.COc1ccc(C[C@H](C)N)cc1SOOO. The molecule has 464 valence electrons. The van der Waals surface area contributed by atoms with Crippen molar-refractivity contribution in [1.82, 2.24) is 10.6 Å². The van der Waals surface area contributed by atoms with Gasteiger partial charge in [-0.1, -0.05) is 86.9 Å². The zero-order valence-electron chi connectivity index (χ0n) is 48.8. The molecule has 6 rings (SSSR count). The summed E-state index contributed by atoms with van der Waals surface area (Å²) >= 11 is 3.54. The summed E-state index contributed by atoms with van der Waals surface area (Å²) in [5, 5.41) is 54.3. The summed E-state index contributed by atoms with van der Waals surface area (Å²) in [6, 6.07) is 42.0. The standard InChI is InChI=1S/C20H27NO6S.C18H23NO4S.2C10H15NO4S/c1-4-24-17-7-5-6-8-18(17)25-12-11-21-15(2)13-16-9-10-19(23-3)20(14-16)28-27-26-22;1-13(19-14(2)16-7-5-4-6-8-16)11-15-9-10-17(21-3)18(12-15)24-23-22-20;2*1-7(11)5-8-3-4-9(13-2)10(6-8)16-15-14-12/h5-10,14-15,21-22H,4,11-13H2,1-3H3;4-10,12-14,19-20H,11H2,1-3H3;2*3-4,6-7,12H,5,11H2,1-2H3/t15-;13-,14-;2*7-/m1110/s1. The van der Waals surface area contributed by atoms with Crippen molar-refractivity contribution in [3.8, 4) is 34.5 Å². The molecule has 26 heteroatoms. The van der Waals surface area contributed by atoms with Gasteiger partial charge in [-0.25, -0.2) is 21.0 Å². The van der Waals surface area contributed by atoms with E-state index in [2.05, 4.69) is 81.0 Å². The quantitative estimate of drug-likeness (QED) is 0.00806. The maximum absolute atomic E-state index is 8.34. The normalized spacial score (nSPS) is 12.6. The zero-order valence-corrected chi connectivity index (χ0v) is 52.0. The Hall–Kier alpha value is -5.12. The van der Waals surface area contributed by atoms with Crippen molar-refractivity contribution in [3.05, 3.63) is 155 Å². The Morgan fingerprint density at radius 1 is 0.429 bits per heavy atom. The third-order valence-corrected chi connectivity index (χ3v) is 14.1. The van der Waals surface area contributed by atoms with Crippen molar-refractivity contribution < 1.29 is 86.9 Å². The molecule has 0 fully saturated rings. The van der Waals surface area contributed by atoms with Gasteiger partial charge in [0, 0.05) is 36.8 Å². The number of hydrogen-bond acceptors (Lipinski definition) is 26. The van der Waals surface area contributed by atoms with Crippen LogP contribution in [0.5, 0.6) is 34.5 Å². The highest BCUT2D eigenvalue weighted by Crippen LogP contribution is 2.35. The van der Waals surface area contributed by atoms with E-state index in [1.54, 1.807) is 28.4 Å². The molecule has 84 heavy (non-hydrogen) atoms. The maximum Gasteiger partial charge on any atom is 0.161 e. The molecule has 6 aromatic carbocycles. The van der Waals surface area contributed by atoms with E-state index in [0.717, 1.165) is 127 Å². The minimum absolute atomic E-state index is 0.0845. The second kappa shape index (κ2) is 43.5. The van der Waals surface area contributed by atoms with Crippen LogP contribution >= 0.6 is 48.2 Å². The van der Waals surface area contributed by atoms with Crippen molar-refractivity contribution in [2.24, 2.45) is 11.5 Å². The van der Waals surface area contributed by atoms with Crippen LogP contribution in [0.4, 0.5) is 0 Å². The molecule has 0 aliphatic heterocycles. The van der Waals surface area contributed by atoms with Gasteiger partial charge in [-0.15, -0.1) is 17.3 Å². The van der Waals surface area contributed by atoms with Gasteiger partial charge in [0.2, 0.25) is 0 Å². The Kier molecular flexibility index (Phi) is 37.9. The van der Waals surface area contributed by atoms with Crippen molar-refractivity contribution in [3.63, 3.8) is 0 Å². The maximum atomic E-state index is 8.34. The molecule has 6 aromatic rings. The largest absolute Gasteiger partial charge is 0.495 e. The third-order valence-electron chi connectivity index (χ3n) is 11.6. The number of benzene rings is 6. The van der Waals surface area contributed by atoms with Gasteiger partial charge in [-0.2, -0.15) is 0 Å². The van der Waals surface area contributed by atoms with Crippen LogP contribution in [0.3, 0.4) is 0 Å². The summed E-state index contributed by atoms with van der Waals surface area (Å²) in [6.45, 7) is 14.1. The average Bonchev–Trinajstić information content (AvgIpc) is 3.67. The first-order chi connectivity index (χ1) is 40.6. The van der Waals surface area contributed by atoms with Gasteiger partial charge >= 0.3 is 0 Å². The first-order valence-corrected chi connectivity index (χ1v) is 29.3. The smallest absolute Gasteiger partial charge is 0.161 e. The molecule has 0 saturated carbocycles. The van der Waals surface area contributed by atoms with E-state index in [0.29, 0.717) is 48.8 Å². The van der Waals surface area contributed by atoms with Crippen LogP contribution in [0.2, 0.25) is 0 Å². The molecule has 22 nitrogen and oxygen atoms in total. The topological polar surface area (TPSA) is 286 Å². The van der Waals surface area contributed by atoms with E-state index in [9.17, 15) is 0 Å². The van der Waals surface area contributed by atoms with Gasteiger partial charge in [0.25, 0.3) is 0 Å². The number of nitrogens with one attached hydrogen (secondary N) is 2. The van der Waals surface area contributed by atoms with E-state index in [-0.39, 0.29) is 24.2 Å². The summed E-state index contributed by atoms with van der Waals surface area (Å²) in [7, 11) is 6.28. The molecule has 0 heterocycles. The van der Waals surface area contributed by atoms with Gasteiger partial charge in [0.1, 0.15) is 29.6 Å². The van der Waals surface area contributed by atoms with Gasteiger partial charge in [0.15, 0.2) is 11.5 Å². The van der Waals surface area contributed by atoms with Crippen molar-refractivity contribution in [2.75, 3.05) is 48.2 Å². The van der Waals surface area contributed by atoms with Gasteiger partial charge < -0.3 is 50.5 Å². The summed E-state index contributed by atoms with van der Waals surface area (Å²) in [4.78, 5) is 2.90. The molecule has 10 N–H and O–H groups in total. The molecular formula is C58H80N4O18S4. The van der Waals surface area contributed by atoms with Crippen molar-refractivity contribution >= 4 is 48.2 Å². The fraction of sp³-hybridized carbons (Fsp3) is 0.379. The van der Waals surface area contributed by atoms with Crippen LogP contribution in [0.15, 0.2) is 147 Å². The van der Waals surface area contributed by atoms with Crippen LogP contribution < -0.4 is 50.5 Å². The van der Waals surface area contributed by atoms with Crippen LogP contribution in [-0.2, 0) is 63.2 Å². The lowest BCUT2D eigenvalue weighted by atomic mass is 10.0. The fourth-order valence-corrected chi connectivity index (χ4v) is 10.2. The monoisotopic (exact) mass is 1250 g/mol. The predicted molar refractivity (Wildman–Crippen MR) is 325 cm³/mol. The highest BCUT2D eigenvalue weighted by atomic mass is 32.2. The Morgan fingerprint density at radius 2 is 0.774 bits per heavy atom. The van der Waals surface area contributed by atoms with Gasteiger partial charge in [0.05, 0.1) is 103 Å². The van der Waals surface area contributed by atoms with Crippen molar-refractivity contribution in [2.45, 2.75) is 117 Å². The molecule has 0 aliphatic carbocycles. The first kappa shape index (κ1) is 73.1.